The standard InChI is InChI=1S/C24H24N2O5/c1-24(13-30-12-15-5-3-2-4-6-15)14-31-21-17-11-26(19-9-10-20(27)25-22(19)28)23(29)16(17)7-8-18(21)24/h2-8,19H,9-14H2,1H3,(H,25,27,28). The lowest BCUT2D eigenvalue weighted by Crippen LogP contribution is -2.52. The summed E-state index contributed by atoms with van der Waals surface area (Å²) in [7, 11) is 0. The Morgan fingerprint density at radius 3 is 2.74 bits per heavy atom. The van der Waals surface area contributed by atoms with Gasteiger partial charge in [-0.1, -0.05) is 36.4 Å². The van der Waals surface area contributed by atoms with Crippen LogP contribution in [0, 0.1) is 0 Å². The predicted octanol–water partition coefficient (Wildman–Crippen LogP) is 2.31. The average Bonchev–Trinajstić information content (AvgIpc) is 3.27. The lowest BCUT2D eigenvalue weighted by Gasteiger charge is -2.29. The molecule has 0 spiro atoms. The summed E-state index contributed by atoms with van der Waals surface area (Å²) in [6, 6.07) is 13.2. The van der Waals surface area contributed by atoms with Crippen molar-refractivity contribution in [2.24, 2.45) is 0 Å². The molecule has 1 N–H and O–H groups in total. The maximum Gasteiger partial charge on any atom is 0.255 e. The average molecular weight is 420 g/mol. The molecule has 1 fully saturated rings. The van der Waals surface area contributed by atoms with Gasteiger partial charge in [0.25, 0.3) is 5.91 Å². The molecule has 2 atom stereocenters. The van der Waals surface area contributed by atoms with Crippen molar-refractivity contribution < 1.29 is 23.9 Å². The Labute approximate surface area is 180 Å². The molecular weight excluding hydrogens is 396 g/mol. The third-order valence-corrected chi connectivity index (χ3v) is 6.38. The van der Waals surface area contributed by atoms with Gasteiger partial charge in [-0.3, -0.25) is 19.7 Å². The van der Waals surface area contributed by atoms with Gasteiger partial charge in [0.2, 0.25) is 11.8 Å². The van der Waals surface area contributed by atoms with Crippen LogP contribution in [0.1, 0.15) is 46.8 Å². The van der Waals surface area contributed by atoms with E-state index in [9.17, 15) is 14.4 Å². The van der Waals surface area contributed by atoms with E-state index >= 15 is 0 Å². The molecule has 1 saturated heterocycles. The number of benzene rings is 2. The first-order valence-corrected chi connectivity index (χ1v) is 10.5. The molecule has 0 aromatic heterocycles. The molecule has 3 amide bonds. The van der Waals surface area contributed by atoms with Crippen molar-refractivity contribution in [3.8, 4) is 5.75 Å². The molecule has 7 heteroatoms. The minimum atomic E-state index is -0.629. The first-order valence-electron chi connectivity index (χ1n) is 10.5. The number of nitrogens with zero attached hydrogens (tertiary/aromatic N) is 1. The highest BCUT2D eigenvalue weighted by atomic mass is 16.5. The van der Waals surface area contributed by atoms with E-state index in [0.29, 0.717) is 38.3 Å². The number of rotatable bonds is 5. The van der Waals surface area contributed by atoms with Crippen molar-refractivity contribution >= 4 is 17.7 Å². The van der Waals surface area contributed by atoms with Gasteiger partial charge in [-0.05, 0) is 25.0 Å². The fourth-order valence-electron chi connectivity index (χ4n) is 4.65. The number of hydrogen-bond donors (Lipinski definition) is 1. The molecule has 3 heterocycles. The Morgan fingerprint density at radius 1 is 1.16 bits per heavy atom. The smallest absolute Gasteiger partial charge is 0.255 e. The SMILES string of the molecule is CC1(COCc2ccccc2)COc2c1ccc1c2CN(C2CCC(=O)NC2=O)C1=O. The first-order chi connectivity index (χ1) is 15.0. The van der Waals surface area contributed by atoms with Crippen LogP contribution in [0.15, 0.2) is 42.5 Å². The molecule has 31 heavy (non-hydrogen) atoms. The summed E-state index contributed by atoms with van der Waals surface area (Å²) >= 11 is 0. The van der Waals surface area contributed by atoms with Gasteiger partial charge in [-0.15, -0.1) is 0 Å². The monoisotopic (exact) mass is 420 g/mol. The third-order valence-electron chi connectivity index (χ3n) is 6.38. The van der Waals surface area contributed by atoms with Gasteiger partial charge in [0.1, 0.15) is 11.8 Å². The van der Waals surface area contributed by atoms with Gasteiger partial charge in [0.15, 0.2) is 0 Å². The first kappa shape index (κ1) is 19.8. The fraction of sp³-hybridized carbons (Fsp3) is 0.375. The molecule has 3 aliphatic rings. The maximum atomic E-state index is 13.0. The van der Waals surface area contributed by atoms with E-state index in [4.69, 9.17) is 9.47 Å². The second-order valence-electron chi connectivity index (χ2n) is 8.70. The van der Waals surface area contributed by atoms with Crippen molar-refractivity contribution in [1.82, 2.24) is 10.2 Å². The minimum absolute atomic E-state index is 0.190. The van der Waals surface area contributed by atoms with Crippen molar-refractivity contribution in [2.75, 3.05) is 13.2 Å². The highest BCUT2D eigenvalue weighted by Crippen LogP contribution is 2.45. The zero-order valence-electron chi connectivity index (χ0n) is 17.3. The van der Waals surface area contributed by atoms with E-state index in [-0.39, 0.29) is 23.7 Å². The molecule has 0 radical (unpaired) electrons. The van der Waals surface area contributed by atoms with Crippen LogP contribution in [-0.4, -0.2) is 41.9 Å². The molecular formula is C24H24N2O5. The Morgan fingerprint density at radius 2 is 1.97 bits per heavy atom. The summed E-state index contributed by atoms with van der Waals surface area (Å²) in [6.07, 6.45) is 0.584. The Hall–Kier alpha value is -3.19. The van der Waals surface area contributed by atoms with Gasteiger partial charge >= 0.3 is 0 Å². The van der Waals surface area contributed by atoms with Crippen LogP contribution in [0.4, 0.5) is 0 Å². The Balaban J connectivity index is 1.34. The van der Waals surface area contributed by atoms with Crippen molar-refractivity contribution in [1.29, 1.82) is 0 Å². The number of nitrogens with one attached hydrogen (secondary N) is 1. The second kappa shape index (κ2) is 7.50. The number of amides is 3. The normalized spacial score (nSPS) is 24.6. The van der Waals surface area contributed by atoms with Crippen LogP contribution < -0.4 is 10.1 Å². The summed E-state index contributed by atoms with van der Waals surface area (Å²) in [5, 5.41) is 2.34. The number of imide groups is 1. The third kappa shape index (κ3) is 3.39. The topological polar surface area (TPSA) is 84.9 Å². The van der Waals surface area contributed by atoms with Crippen LogP contribution in [0.25, 0.3) is 0 Å². The maximum absolute atomic E-state index is 13.0. The number of ether oxygens (including phenoxy) is 2. The summed E-state index contributed by atoms with van der Waals surface area (Å²) in [4.78, 5) is 38.3. The van der Waals surface area contributed by atoms with Crippen LogP contribution in [0.5, 0.6) is 5.75 Å². The largest absolute Gasteiger partial charge is 0.492 e. The summed E-state index contributed by atoms with van der Waals surface area (Å²) < 4.78 is 12.1. The van der Waals surface area contributed by atoms with E-state index in [1.807, 2.05) is 42.5 Å². The molecule has 2 unspecified atom stereocenters. The van der Waals surface area contributed by atoms with Crippen molar-refractivity contribution in [3.63, 3.8) is 0 Å². The highest BCUT2D eigenvalue weighted by molar-refractivity contribution is 6.05. The summed E-state index contributed by atoms with van der Waals surface area (Å²) in [6.45, 7) is 3.91. The zero-order valence-corrected chi connectivity index (χ0v) is 17.3. The highest BCUT2D eigenvalue weighted by Gasteiger charge is 2.44. The van der Waals surface area contributed by atoms with E-state index in [2.05, 4.69) is 12.2 Å². The minimum Gasteiger partial charge on any atom is -0.492 e. The molecule has 0 saturated carbocycles. The molecule has 160 valence electrons. The second-order valence-corrected chi connectivity index (χ2v) is 8.70. The number of fused-ring (bicyclic) bond motifs is 3. The summed E-state index contributed by atoms with van der Waals surface area (Å²) in [5.41, 5.74) is 3.21. The molecule has 2 aromatic carbocycles. The quantitative estimate of drug-likeness (QED) is 0.751. The molecule has 7 nitrogen and oxygen atoms in total. The molecule has 2 aromatic rings. The zero-order chi connectivity index (χ0) is 21.6. The van der Waals surface area contributed by atoms with Crippen LogP contribution in [0.3, 0.4) is 0 Å². The number of hydrogen-bond acceptors (Lipinski definition) is 5. The lowest BCUT2D eigenvalue weighted by molar-refractivity contribution is -0.136. The van der Waals surface area contributed by atoms with E-state index in [0.717, 1.165) is 22.4 Å². The Bertz CT molecular complexity index is 1070. The van der Waals surface area contributed by atoms with Crippen LogP contribution in [-0.2, 0) is 32.9 Å². The van der Waals surface area contributed by atoms with E-state index < -0.39 is 11.9 Å². The van der Waals surface area contributed by atoms with Gasteiger partial charge in [0, 0.05) is 23.1 Å². The van der Waals surface area contributed by atoms with Gasteiger partial charge in [0.05, 0.1) is 31.8 Å². The molecule has 5 rings (SSSR count). The Kier molecular flexibility index (Phi) is 4.78. The van der Waals surface area contributed by atoms with E-state index in [1.165, 1.54) is 0 Å². The number of carbonyl (C=O) groups excluding carboxylic acids is 3. The fourth-order valence-corrected chi connectivity index (χ4v) is 4.65. The van der Waals surface area contributed by atoms with Crippen LogP contribution >= 0.6 is 0 Å². The van der Waals surface area contributed by atoms with Crippen molar-refractivity contribution in [3.05, 3.63) is 64.7 Å². The lowest BCUT2D eigenvalue weighted by atomic mass is 9.84. The van der Waals surface area contributed by atoms with Crippen LogP contribution in [0.2, 0.25) is 0 Å². The number of piperidine rings is 1. The predicted molar refractivity (Wildman–Crippen MR) is 111 cm³/mol. The molecule has 3 aliphatic heterocycles. The van der Waals surface area contributed by atoms with Gasteiger partial charge in [-0.2, -0.15) is 0 Å². The number of carbonyl (C=O) groups is 3. The molecule has 0 bridgehead atoms. The van der Waals surface area contributed by atoms with Crippen molar-refractivity contribution in [2.45, 2.75) is 44.4 Å². The molecule has 0 aliphatic carbocycles. The summed E-state index contributed by atoms with van der Waals surface area (Å²) in [5.74, 6) is -0.161. The van der Waals surface area contributed by atoms with Gasteiger partial charge < -0.3 is 14.4 Å². The van der Waals surface area contributed by atoms with E-state index in [1.54, 1.807) is 4.90 Å². The van der Waals surface area contributed by atoms with Gasteiger partial charge in [-0.25, -0.2) is 0 Å².